The minimum atomic E-state index is -2.53. The van der Waals surface area contributed by atoms with Crippen LogP contribution in [0.2, 0.25) is 0 Å². The molecule has 3 aromatic rings. The number of anilines is 1. The zero-order valence-electron chi connectivity index (χ0n) is 35.3. The monoisotopic (exact) mass is 824 g/mol. The lowest BCUT2D eigenvalue weighted by Gasteiger charge is -2.63. The van der Waals surface area contributed by atoms with Gasteiger partial charge < -0.3 is 39.0 Å². The van der Waals surface area contributed by atoms with Crippen molar-refractivity contribution in [2.24, 2.45) is 11.3 Å². The number of benzene rings is 2. The fourth-order valence-corrected chi connectivity index (χ4v) is 13.4. The standard InChI is InChI=1S/C46H56N4O10/c1-7-42(55)22-28-23-45(40(53)58-5,36-30(14-18-48(24-28)25-42)29-12-9-10-13-33(29)47-36)32-20-31-34(21-35(32)57-4)50(26-51)38-44(31)16-19-49-17-11-15-43(8-2,37(44)49)39(60-27(3)52)46(38,56)41(54)59-6/h9-13,15,20-21,26,28,37-39,47,55-56H,7-8,14,16-19,22-25H2,1-6H3/t28-,37-,38+,39-,42+,43-,44-,45+,46+/m1/s1. The van der Waals surface area contributed by atoms with Crippen LogP contribution in [0.4, 0.5) is 5.69 Å². The zero-order valence-corrected chi connectivity index (χ0v) is 35.3. The Hall–Kier alpha value is -4.76. The minimum Gasteiger partial charge on any atom is -0.496 e. The molecule has 9 rings (SSSR count). The number of nitrogens with zero attached hydrogens (tertiary/aromatic N) is 3. The van der Waals surface area contributed by atoms with Crippen molar-refractivity contribution in [3.8, 4) is 5.75 Å². The number of aromatic amines is 1. The molecule has 3 N–H and O–H groups in total. The van der Waals surface area contributed by atoms with Crippen LogP contribution < -0.4 is 9.64 Å². The first kappa shape index (κ1) is 40.6. The Morgan fingerprint density at radius 3 is 2.42 bits per heavy atom. The third kappa shape index (κ3) is 5.19. The van der Waals surface area contributed by atoms with Gasteiger partial charge in [-0.2, -0.15) is 0 Å². The molecule has 10 atom stereocenters. The Labute approximate surface area is 349 Å². The van der Waals surface area contributed by atoms with E-state index in [0.29, 0.717) is 99.5 Å². The normalized spacial score (nSPS) is 36.5. The summed E-state index contributed by atoms with van der Waals surface area (Å²) in [6.07, 6.45) is 5.83. The topological polar surface area (TPSA) is 171 Å². The van der Waals surface area contributed by atoms with Gasteiger partial charge in [-0.3, -0.25) is 24.2 Å². The molecule has 1 saturated carbocycles. The average molecular weight is 825 g/mol. The Balaban J connectivity index is 1.38. The number of para-hydroxylation sites is 1. The second-order valence-corrected chi connectivity index (χ2v) is 18.1. The van der Waals surface area contributed by atoms with Crippen molar-refractivity contribution in [3.05, 3.63) is 70.9 Å². The van der Waals surface area contributed by atoms with E-state index in [1.165, 1.54) is 33.2 Å². The Bertz CT molecular complexity index is 2310. The summed E-state index contributed by atoms with van der Waals surface area (Å²) < 4.78 is 23.7. The number of fused-ring (bicyclic) bond motifs is 6. The molecule has 2 saturated heterocycles. The molecule has 14 nitrogen and oxygen atoms in total. The molecule has 6 heterocycles. The molecular formula is C46H56N4O10. The van der Waals surface area contributed by atoms with Crippen molar-refractivity contribution in [1.29, 1.82) is 0 Å². The number of piperidine rings is 1. The number of aromatic nitrogens is 1. The van der Waals surface area contributed by atoms with Crippen molar-refractivity contribution in [3.63, 3.8) is 0 Å². The van der Waals surface area contributed by atoms with Crippen LogP contribution in [0.1, 0.15) is 75.3 Å². The van der Waals surface area contributed by atoms with Crippen LogP contribution in [0.3, 0.4) is 0 Å². The average Bonchev–Trinajstić information content (AvgIpc) is 3.92. The molecule has 1 aromatic heterocycles. The molecule has 5 aliphatic heterocycles. The number of aliphatic hydroxyl groups is 2. The summed E-state index contributed by atoms with van der Waals surface area (Å²) >= 11 is 0. The molecule has 14 heteroatoms. The summed E-state index contributed by atoms with van der Waals surface area (Å²) in [6, 6.07) is 9.97. The molecule has 320 valence electrons. The van der Waals surface area contributed by atoms with E-state index in [0.717, 1.165) is 16.5 Å². The van der Waals surface area contributed by atoms with E-state index in [9.17, 15) is 24.6 Å². The number of methoxy groups -OCH3 is 3. The second-order valence-electron chi connectivity index (χ2n) is 18.1. The molecule has 1 amide bonds. The molecular weight excluding hydrogens is 769 g/mol. The largest absolute Gasteiger partial charge is 0.496 e. The maximum absolute atomic E-state index is 15.3. The van der Waals surface area contributed by atoms with Gasteiger partial charge in [0.25, 0.3) is 0 Å². The van der Waals surface area contributed by atoms with Gasteiger partial charge in [0.1, 0.15) is 11.2 Å². The van der Waals surface area contributed by atoms with Crippen LogP contribution in [-0.4, -0.2) is 133 Å². The summed E-state index contributed by atoms with van der Waals surface area (Å²) in [5, 5.41) is 26.3. The highest BCUT2D eigenvalue weighted by molar-refractivity contribution is 5.96. The van der Waals surface area contributed by atoms with Crippen molar-refractivity contribution < 1.29 is 48.3 Å². The molecule has 0 radical (unpaired) electrons. The zero-order chi connectivity index (χ0) is 42.6. The number of nitrogens with one attached hydrogen (secondary N) is 1. The van der Waals surface area contributed by atoms with Crippen molar-refractivity contribution in [1.82, 2.24) is 14.8 Å². The van der Waals surface area contributed by atoms with Gasteiger partial charge in [0.2, 0.25) is 12.0 Å². The SMILES string of the molecule is CC[C@]1(O)C[C@H]2CN(CCc3c([nH]c4ccccc34)[C@@](C(=O)OC)(c3cc4c(cc3OC)N(C=O)[C@@H]3[C@@](O)(C(=O)OC)[C@H](OC(C)=O)[C@]5(CC)C=CCN6CC[C@]43[C@H]65)C2)C1. The van der Waals surface area contributed by atoms with Gasteiger partial charge in [0, 0.05) is 78.2 Å². The van der Waals surface area contributed by atoms with Crippen LogP contribution in [0.25, 0.3) is 10.9 Å². The fourth-order valence-electron chi connectivity index (χ4n) is 13.4. The Morgan fingerprint density at radius 1 is 0.967 bits per heavy atom. The highest BCUT2D eigenvalue weighted by atomic mass is 16.6. The van der Waals surface area contributed by atoms with E-state index >= 15 is 4.79 Å². The van der Waals surface area contributed by atoms with Crippen LogP contribution in [0, 0.1) is 11.3 Å². The number of H-pyrrole nitrogens is 1. The maximum Gasteiger partial charge on any atom is 0.344 e. The first-order valence-corrected chi connectivity index (χ1v) is 21.3. The van der Waals surface area contributed by atoms with E-state index < -0.39 is 63.5 Å². The number of carbonyl (C=O) groups excluding carboxylic acids is 4. The van der Waals surface area contributed by atoms with Crippen molar-refractivity contribution in [2.75, 3.05) is 59.0 Å². The molecule has 60 heavy (non-hydrogen) atoms. The third-order valence-electron chi connectivity index (χ3n) is 15.5. The van der Waals surface area contributed by atoms with E-state index in [-0.39, 0.29) is 12.3 Å². The lowest BCUT2D eigenvalue weighted by molar-refractivity contribution is -0.228. The number of ether oxygens (including phenoxy) is 4. The highest BCUT2D eigenvalue weighted by Crippen LogP contribution is 2.68. The van der Waals surface area contributed by atoms with Crippen LogP contribution in [0.15, 0.2) is 48.6 Å². The molecule has 2 bridgehead atoms. The number of hydrogen-bond donors (Lipinski definition) is 3. The number of rotatable bonds is 8. The lowest BCUT2D eigenvalue weighted by Crippen LogP contribution is -2.81. The van der Waals surface area contributed by atoms with E-state index in [1.54, 1.807) is 6.07 Å². The number of esters is 3. The van der Waals surface area contributed by atoms with Gasteiger partial charge >= 0.3 is 17.9 Å². The summed E-state index contributed by atoms with van der Waals surface area (Å²) in [4.78, 5) is 66.1. The summed E-state index contributed by atoms with van der Waals surface area (Å²) in [5.74, 6) is -2.06. The van der Waals surface area contributed by atoms with Gasteiger partial charge in [0.05, 0.1) is 38.7 Å². The number of carbonyl (C=O) groups is 4. The van der Waals surface area contributed by atoms with Crippen LogP contribution in [0.5, 0.6) is 5.75 Å². The highest BCUT2D eigenvalue weighted by Gasteiger charge is 2.81. The molecule has 1 unspecified atom stereocenters. The molecule has 6 aliphatic rings. The van der Waals surface area contributed by atoms with Gasteiger partial charge in [-0.1, -0.05) is 44.2 Å². The Morgan fingerprint density at radius 2 is 1.73 bits per heavy atom. The molecule has 1 aliphatic carbocycles. The third-order valence-corrected chi connectivity index (χ3v) is 15.5. The van der Waals surface area contributed by atoms with E-state index in [2.05, 4.69) is 20.9 Å². The quantitative estimate of drug-likeness (QED) is 0.131. The van der Waals surface area contributed by atoms with Crippen LogP contribution >= 0.6 is 0 Å². The lowest BCUT2D eigenvalue weighted by atomic mass is 9.47. The Kier molecular flexibility index (Phi) is 9.58. The minimum absolute atomic E-state index is 0.155. The predicted molar refractivity (Wildman–Crippen MR) is 221 cm³/mol. The summed E-state index contributed by atoms with van der Waals surface area (Å²) in [5.41, 5.74) is -3.15. The first-order valence-electron chi connectivity index (χ1n) is 21.3. The first-order chi connectivity index (χ1) is 28.8. The van der Waals surface area contributed by atoms with E-state index in [1.807, 2.05) is 50.3 Å². The second kappa shape index (κ2) is 14.1. The number of hydrogen-bond acceptors (Lipinski definition) is 12. The fraction of sp³-hybridized carbons (Fsp3) is 0.565. The van der Waals surface area contributed by atoms with Gasteiger partial charge in [0.15, 0.2) is 6.10 Å². The van der Waals surface area contributed by atoms with E-state index in [4.69, 9.17) is 18.9 Å². The van der Waals surface area contributed by atoms with Gasteiger partial charge in [-0.25, -0.2) is 4.79 Å². The van der Waals surface area contributed by atoms with Crippen LogP contribution in [-0.2, 0) is 50.6 Å². The molecule has 3 fully saturated rings. The van der Waals surface area contributed by atoms with Gasteiger partial charge in [-0.05, 0) is 74.2 Å². The molecule has 1 spiro atoms. The smallest absolute Gasteiger partial charge is 0.344 e. The molecule has 2 aromatic carbocycles. The van der Waals surface area contributed by atoms with Gasteiger partial charge in [-0.15, -0.1) is 0 Å². The predicted octanol–water partition coefficient (Wildman–Crippen LogP) is 3.52. The maximum atomic E-state index is 15.3. The summed E-state index contributed by atoms with van der Waals surface area (Å²) in [7, 11) is 4.09. The van der Waals surface area contributed by atoms with Crippen molar-refractivity contribution >= 4 is 40.9 Å². The summed E-state index contributed by atoms with van der Waals surface area (Å²) in [6.45, 7) is 8.16. The number of amides is 1. The van der Waals surface area contributed by atoms with Crippen molar-refractivity contribution in [2.45, 2.75) is 99.5 Å².